The normalized spacial score (nSPS) is 16.1. The molecule has 0 saturated carbocycles. The molecule has 2 aromatic carbocycles. The van der Waals surface area contributed by atoms with E-state index < -0.39 is 29.4 Å². The lowest BCUT2D eigenvalue weighted by Crippen LogP contribution is -2.64. The van der Waals surface area contributed by atoms with E-state index >= 15 is 0 Å². The number of hydrogen-bond acceptors (Lipinski definition) is 6. The molecule has 0 spiro atoms. The summed E-state index contributed by atoms with van der Waals surface area (Å²) in [6, 6.07) is 15.2. The van der Waals surface area contributed by atoms with E-state index in [1.807, 2.05) is 37.3 Å². The number of aromatic nitrogens is 1. The van der Waals surface area contributed by atoms with Crippen LogP contribution in [-0.2, 0) is 20.9 Å². The fourth-order valence-corrected chi connectivity index (χ4v) is 4.99. The number of benzene rings is 2. The number of amides is 2. The summed E-state index contributed by atoms with van der Waals surface area (Å²) in [5, 5.41) is 10.1. The lowest BCUT2D eigenvalue weighted by Gasteiger charge is -2.49. The number of carbonyl (C=O) groups is 2. The molecule has 1 fully saturated rings. The van der Waals surface area contributed by atoms with Crippen LogP contribution in [0.3, 0.4) is 0 Å². The Bertz CT molecular complexity index is 1310. The van der Waals surface area contributed by atoms with Crippen molar-refractivity contribution < 1.29 is 37.4 Å². The lowest BCUT2D eigenvalue weighted by molar-refractivity contribution is -0.173. The van der Waals surface area contributed by atoms with Crippen LogP contribution in [0.5, 0.6) is 5.75 Å². The van der Waals surface area contributed by atoms with Gasteiger partial charge in [-0.05, 0) is 56.2 Å². The van der Waals surface area contributed by atoms with Crippen LogP contribution in [0.2, 0.25) is 0 Å². The summed E-state index contributed by atoms with van der Waals surface area (Å²) in [6.45, 7) is 3.55. The maximum atomic E-state index is 13.8. The number of fused-ring (bicyclic) bond motifs is 1. The van der Waals surface area contributed by atoms with Crippen molar-refractivity contribution in [1.82, 2.24) is 10.5 Å². The zero-order valence-corrected chi connectivity index (χ0v) is 20.9. The summed E-state index contributed by atoms with van der Waals surface area (Å²) in [6.07, 6.45) is -5.26. The molecule has 1 aliphatic heterocycles. The molecule has 202 valence electrons. The summed E-state index contributed by atoms with van der Waals surface area (Å²) in [5.41, 5.74) is 2.42. The smallest absolute Gasteiger partial charge is 0.471 e. The Labute approximate surface area is 217 Å². The molecule has 1 aliphatic rings. The van der Waals surface area contributed by atoms with Crippen molar-refractivity contribution in [2.24, 2.45) is 5.92 Å². The monoisotopic (exact) mass is 531 g/mol. The fraction of sp³-hybridized carbons (Fsp3) is 0.370. The SMILES string of the molecule is Cc1cc(COc2ccc(N(C(=O)C(F)(F)F)C3(C(C)C(=O)NO)CCOCC3)cc2)c2ccccc2n1. The summed E-state index contributed by atoms with van der Waals surface area (Å²) >= 11 is 0. The highest BCUT2D eigenvalue weighted by atomic mass is 19.4. The number of ether oxygens (including phenoxy) is 2. The van der Waals surface area contributed by atoms with Crippen LogP contribution < -0.4 is 15.1 Å². The van der Waals surface area contributed by atoms with Gasteiger partial charge < -0.3 is 9.47 Å². The number of rotatable bonds is 7. The third-order valence-corrected chi connectivity index (χ3v) is 6.98. The van der Waals surface area contributed by atoms with Crippen molar-refractivity contribution in [1.29, 1.82) is 0 Å². The summed E-state index contributed by atoms with van der Waals surface area (Å²) in [4.78, 5) is 30.3. The first-order chi connectivity index (χ1) is 18.1. The lowest BCUT2D eigenvalue weighted by atomic mass is 9.76. The highest BCUT2D eigenvalue weighted by molar-refractivity contribution is 6.00. The van der Waals surface area contributed by atoms with E-state index in [2.05, 4.69) is 4.98 Å². The molecule has 0 aliphatic carbocycles. The number of hydrogen-bond donors (Lipinski definition) is 2. The van der Waals surface area contributed by atoms with Crippen LogP contribution in [0.1, 0.15) is 31.0 Å². The highest BCUT2D eigenvalue weighted by Crippen LogP contribution is 2.41. The average Bonchev–Trinajstić information content (AvgIpc) is 2.91. The van der Waals surface area contributed by atoms with E-state index in [1.54, 1.807) is 0 Å². The standard InChI is InChI=1S/C27H28F3N3O5/c1-17-15-19(22-5-3-4-6-23(22)31-17)16-38-21-9-7-20(8-10-21)33(25(35)27(28,29)30)26(11-13-37-14-12-26)18(2)24(34)32-36/h3-10,15,18,36H,11-14,16H2,1-2H3,(H,32,34). The summed E-state index contributed by atoms with van der Waals surface area (Å²) in [5.74, 6) is -3.79. The minimum atomic E-state index is -5.20. The van der Waals surface area contributed by atoms with Gasteiger partial charge in [0.25, 0.3) is 0 Å². The molecule has 2 amide bonds. The zero-order chi connectivity index (χ0) is 27.5. The van der Waals surface area contributed by atoms with Crippen LogP contribution >= 0.6 is 0 Å². The van der Waals surface area contributed by atoms with E-state index in [1.165, 1.54) is 36.7 Å². The second-order valence-electron chi connectivity index (χ2n) is 9.27. The molecule has 4 rings (SSSR count). The molecule has 1 saturated heterocycles. The van der Waals surface area contributed by atoms with Gasteiger partial charge in [-0.3, -0.25) is 24.7 Å². The van der Waals surface area contributed by atoms with Gasteiger partial charge in [-0.15, -0.1) is 0 Å². The molecule has 0 bridgehead atoms. The van der Waals surface area contributed by atoms with Crippen LogP contribution in [0, 0.1) is 12.8 Å². The van der Waals surface area contributed by atoms with E-state index in [0.29, 0.717) is 10.6 Å². The Balaban J connectivity index is 1.66. The number of pyridine rings is 1. The molecule has 1 unspecified atom stereocenters. The van der Waals surface area contributed by atoms with Gasteiger partial charge in [-0.2, -0.15) is 13.2 Å². The van der Waals surface area contributed by atoms with Crippen molar-refractivity contribution in [2.45, 2.75) is 45.0 Å². The Morgan fingerprint density at radius 3 is 2.45 bits per heavy atom. The maximum Gasteiger partial charge on any atom is 0.471 e. The first-order valence-electron chi connectivity index (χ1n) is 12.1. The predicted molar refractivity (Wildman–Crippen MR) is 133 cm³/mol. The second-order valence-corrected chi connectivity index (χ2v) is 9.27. The predicted octanol–water partition coefficient (Wildman–Crippen LogP) is 4.71. The number of carbonyl (C=O) groups excluding carboxylic acids is 2. The van der Waals surface area contributed by atoms with Gasteiger partial charge >= 0.3 is 12.1 Å². The minimum Gasteiger partial charge on any atom is -0.489 e. The number of anilines is 1. The van der Waals surface area contributed by atoms with Crippen molar-refractivity contribution in [3.63, 3.8) is 0 Å². The first-order valence-corrected chi connectivity index (χ1v) is 12.1. The van der Waals surface area contributed by atoms with Crippen molar-refractivity contribution in [3.8, 4) is 5.75 Å². The second kappa shape index (κ2) is 11.0. The highest BCUT2D eigenvalue weighted by Gasteiger charge is 2.55. The van der Waals surface area contributed by atoms with Crippen LogP contribution in [-0.4, -0.2) is 46.9 Å². The number of nitrogens with one attached hydrogen (secondary N) is 1. The molecule has 1 aromatic heterocycles. The third kappa shape index (κ3) is 5.44. The van der Waals surface area contributed by atoms with E-state index in [0.717, 1.165) is 22.2 Å². The van der Waals surface area contributed by atoms with Crippen LogP contribution in [0.25, 0.3) is 10.9 Å². The molecule has 2 N–H and O–H groups in total. The number of hydroxylamine groups is 1. The minimum absolute atomic E-state index is 0.0316. The molecular weight excluding hydrogens is 503 g/mol. The topological polar surface area (TPSA) is 101 Å². The van der Waals surface area contributed by atoms with Crippen LogP contribution in [0.15, 0.2) is 54.6 Å². The number of nitrogens with zero attached hydrogens (tertiary/aromatic N) is 2. The Morgan fingerprint density at radius 2 is 1.82 bits per heavy atom. The quantitative estimate of drug-likeness (QED) is 0.338. The van der Waals surface area contributed by atoms with Gasteiger partial charge in [-0.1, -0.05) is 25.1 Å². The average molecular weight is 532 g/mol. The van der Waals surface area contributed by atoms with Crippen LogP contribution in [0.4, 0.5) is 18.9 Å². The number of alkyl halides is 3. The fourth-order valence-electron chi connectivity index (χ4n) is 4.99. The van der Waals surface area contributed by atoms with E-state index in [9.17, 15) is 28.0 Å². The molecule has 3 aromatic rings. The molecule has 2 heterocycles. The van der Waals surface area contributed by atoms with Gasteiger partial charge in [0.15, 0.2) is 0 Å². The summed E-state index contributed by atoms with van der Waals surface area (Å²) in [7, 11) is 0. The first kappa shape index (κ1) is 27.3. The van der Waals surface area contributed by atoms with E-state index in [4.69, 9.17) is 9.47 Å². The molecular formula is C27H28F3N3O5. The van der Waals surface area contributed by atoms with Gasteiger partial charge in [0.05, 0.1) is 17.0 Å². The number of para-hydroxylation sites is 1. The summed E-state index contributed by atoms with van der Waals surface area (Å²) < 4.78 is 52.7. The Kier molecular flexibility index (Phi) is 7.89. The van der Waals surface area contributed by atoms with Gasteiger partial charge in [0.1, 0.15) is 12.4 Å². The maximum absolute atomic E-state index is 13.8. The van der Waals surface area contributed by atoms with Crippen molar-refractivity contribution in [3.05, 3.63) is 65.9 Å². The van der Waals surface area contributed by atoms with Crippen molar-refractivity contribution in [2.75, 3.05) is 18.1 Å². The van der Waals surface area contributed by atoms with E-state index in [-0.39, 0.29) is 38.3 Å². The zero-order valence-electron chi connectivity index (χ0n) is 20.9. The van der Waals surface area contributed by atoms with Gasteiger partial charge in [-0.25, -0.2) is 5.48 Å². The molecule has 11 heteroatoms. The van der Waals surface area contributed by atoms with Crippen molar-refractivity contribution >= 4 is 28.4 Å². The van der Waals surface area contributed by atoms with Gasteiger partial charge in [0.2, 0.25) is 5.91 Å². The number of aryl methyl sites for hydroxylation is 1. The molecule has 0 radical (unpaired) electrons. The largest absolute Gasteiger partial charge is 0.489 e. The third-order valence-electron chi connectivity index (χ3n) is 6.98. The molecule has 8 nitrogen and oxygen atoms in total. The molecule has 38 heavy (non-hydrogen) atoms. The Hall–Kier alpha value is -3.70. The number of halogens is 3. The molecule has 1 atom stereocenters. The van der Waals surface area contributed by atoms with Gasteiger partial charge in [0, 0.05) is 35.5 Å². The Morgan fingerprint density at radius 1 is 1.16 bits per heavy atom.